The second kappa shape index (κ2) is 6.75. The summed E-state index contributed by atoms with van der Waals surface area (Å²) in [5, 5.41) is 9.01. The Morgan fingerprint density at radius 1 is 1.12 bits per heavy atom. The largest absolute Gasteiger partial charge is 0.481 e. The van der Waals surface area contributed by atoms with E-state index in [1.807, 2.05) is 0 Å². The van der Waals surface area contributed by atoms with E-state index in [2.05, 4.69) is 4.72 Å². The number of benzene rings is 2. The standard InChI is InChI=1S/C17H15FN2O5S/c18-12-1-3-13(4-2-12)19-26(24,25)15-7-5-14(6-8-15)20-10-11(17(22)23)9-16(20)21/h1-8,11,19H,9-10H2,(H,22,23). The molecule has 1 aliphatic heterocycles. The van der Waals surface area contributed by atoms with Crippen LogP contribution < -0.4 is 9.62 Å². The molecule has 136 valence electrons. The monoisotopic (exact) mass is 378 g/mol. The molecule has 1 saturated heterocycles. The number of halogens is 1. The maximum Gasteiger partial charge on any atom is 0.308 e. The molecule has 0 bridgehead atoms. The number of carboxylic acid groups (broad SMARTS) is 1. The van der Waals surface area contributed by atoms with Crippen LogP contribution in [-0.2, 0) is 19.6 Å². The van der Waals surface area contributed by atoms with Gasteiger partial charge in [-0.05, 0) is 48.5 Å². The highest BCUT2D eigenvalue weighted by Crippen LogP contribution is 2.27. The Labute approximate surface area is 149 Å². The SMILES string of the molecule is O=C(O)C1CC(=O)N(c2ccc(S(=O)(=O)Nc3ccc(F)cc3)cc2)C1. The number of carbonyl (C=O) groups excluding carboxylic acids is 1. The predicted octanol–water partition coefficient (Wildman–Crippen LogP) is 2.06. The number of nitrogens with zero attached hydrogens (tertiary/aromatic N) is 1. The van der Waals surface area contributed by atoms with Crippen LogP contribution in [0.4, 0.5) is 15.8 Å². The van der Waals surface area contributed by atoms with E-state index in [0.717, 1.165) is 12.1 Å². The molecule has 9 heteroatoms. The van der Waals surface area contributed by atoms with Crippen molar-refractivity contribution in [1.29, 1.82) is 0 Å². The summed E-state index contributed by atoms with van der Waals surface area (Å²) < 4.78 is 39.9. The summed E-state index contributed by atoms with van der Waals surface area (Å²) in [6.07, 6.45) is -0.0818. The fourth-order valence-electron chi connectivity index (χ4n) is 2.66. The Bertz CT molecular complexity index is 942. The quantitative estimate of drug-likeness (QED) is 0.829. The highest BCUT2D eigenvalue weighted by Gasteiger charge is 2.35. The van der Waals surface area contributed by atoms with Crippen molar-refractivity contribution in [3.63, 3.8) is 0 Å². The predicted molar refractivity (Wildman–Crippen MR) is 91.7 cm³/mol. The van der Waals surface area contributed by atoms with Gasteiger partial charge in [-0.1, -0.05) is 0 Å². The molecule has 2 N–H and O–H groups in total. The van der Waals surface area contributed by atoms with Crippen molar-refractivity contribution in [3.8, 4) is 0 Å². The summed E-state index contributed by atoms with van der Waals surface area (Å²) in [5.41, 5.74) is 0.647. The van der Waals surface area contributed by atoms with E-state index in [1.54, 1.807) is 0 Å². The third-order valence-corrected chi connectivity index (χ3v) is 5.43. The zero-order valence-corrected chi connectivity index (χ0v) is 14.2. The summed E-state index contributed by atoms with van der Waals surface area (Å²) >= 11 is 0. The molecular formula is C17H15FN2O5S. The van der Waals surface area contributed by atoms with Gasteiger partial charge in [0.15, 0.2) is 0 Å². The van der Waals surface area contributed by atoms with E-state index in [1.165, 1.54) is 41.3 Å². The number of hydrogen-bond donors (Lipinski definition) is 2. The molecular weight excluding hydrogens is 363 g/mol. The van der Waals surface area contributed by atoms with Crippen LogP contribution in [0.1, 0.15) is 6.42 Å². The zero-order valence-electron chi connectivity index (χ0n) is 13.4. The molecule has 1 fully saturated rings. The Morgan fingerprint density at radius 2 is 1.73 bits per heavy atom. The van der Waals surface area contributed by atoms with Gasteiger partial charge in [0.1, 0.15) is 5.82 Å². The van der Waals surface area contributed by atoms with Crippen molar-refractivity contribution in [3.05, 3.63) is 54.3 Å². The number of anilines is 2. The second-order valence-electron chi connectivity index (χ2n) is 5.85. The fourth-order valence-corrected chi connectivity index (χ4v) is 3.72. The molecule has 7 nitrogen and oxygen atoms in total. The summed E-state index contributed by atoms with van der Waals surface area (Å²) in [6.45, 7) is 0.0497. The second-order valence-corrected chi connectivity index (χ2v) is 7.53. The van der Waals surface area contributed by atoms with Crippen LogP contribution in [0.25, 0.3) is 0 Å². The molecule has 0 saturated carbocycles. The highest BCUT2D eigenvalue weighted by atomic mass is 32.2. The van der Waals surface area contributed by atoms with Crippen LogP contribution in [-0.4, -0.2) is 31.9 Å². The number of sulfonamides is 1. The Hall–Kier alpha value is -2.94. The van der Waals surface area contributed by atoms with Crippen LogP contribution >= 0.6 is 0 Å². The molecule has 0 radical (unpaired) electrons. The third kappa shape index (κ3) is 3.67. The summed E-state index contributed by atoms with van der Waals surface area (Å²) in [5.74, 6) is -2.61. The minimum atomic E-state index is -3.87. The van der Waals surface area contributed by atoms with Gasteiger partial charge in [-0.3, -0.25) is 14.3 Å². The fraction of sp³-hybridized carbons (Fsp3) is 0.176. The first kappa shape index (κ1) is 17.9. The molecule has 2 aromatic carbocycles. The van der Waals surface area contributed by atoms with Crippen molar-refractivity contribution in [2.45, 2.75) is 11.3 Å². The molecule has 1 unspecified atom stereocenters. The van der Waals surface area contributed by atoms with Gasteiger partial charge in [0, 0.05) is 24.3 Å². The maximum atomic E-state index is 12.9. The lowest BCUT2D eigenvalue weighted by Crippen LogP contribution is -2.25. The van der Waals surface area contributed by atoms with E-state index >= 15 is 0 Å². The van der Waals surface area contributed by atoms with Crippen LogP contribution in [0.3, 0.4) is 0 Å². The first-order chi connectivity index (χ1) is 12.3. The van der Waals surface area contributed by atoms with Crippen LogP contribution in [0, 0.1) is 11.7 Å². The molecule has 1 atom stereocenters. The van der Waals surface area contributed by atoms with Crippen LogP contribution in [0.5, 0.6) is 0 Å². The van der Waals surface area contributed by atoms with Gasteiger partial charge >= 0.3 is 5.97 Å². The number of hydrogen-bond acceptors (Lipinski definition) is 4. The number of aliphatic carboxylic acids is 1. The average Bonchev–Trinajstić information content (AvgIpc) is 2.99. The van der Waals surface area contributed by atoms with E-state index in [4.69, 9.17) is 5.11 Å². The lowest BCUT2D eigenvalue weighted by Gasteiger charge is -2.16. The van der Waals surface area contributed by atoms with Crippen molar-refractivity contribution in [2.24, 2.45) is 5.92 Å². The van der Waals surface area contributed by atoms with Crippen molar-refractivity contribution in [2.75, 3.05) is 16.2 Å². The third-order valence-electron chi connectivity index (χ3n) is 4.03. The van der Waals surface area contributed by atoms with Crippen molar-refractivity contribution < 1.29 is 27.5 Å². The Morgan fingerprint density at radius 3 is 2.27 bits per heavy atom. The number of rotatable bonds is 5. The van der Waals surface area contributed by atoms with Gasteiger partial charge < -0.3 is 10.0 Å². The summed E-state index contributed by atoms with van der Waals surface area (Å²) in [6, 6.07) is 10.4. The first-order valence-electron chi connectivity index (χ1n) is 7.68. The Kier molecular flexibility index (Phi) is 4.64. The number of nitrogens with one attached hydrogen (secondary N) is 1. The smallest absolute Gasteiger partial charge is 0.308 e. The molecule has 0 aromatic heterocycles. The van der Waals surface area contributed by atoms with Crippen LogP contribution in [0.2, 0.25) is 0 Å². The molecule has 26 heavy (non-hydrogen) atoms. The van der Waals surface area contributed by atoms with Gasteiger partial charge in [0.2, 0.25) is 5.91 Å². The highest BCUT2D eigenvalue weighted by molar-refractivity contribution is 7.92. The average molecular weight is 378 g/mol. The minimum Gasteiger partial charge on any atom is -0.481 e. The molecule has 3 rings (SSSR count). The normalized spacial score (nSPS) is 17.3. The van der Waals surface area contributed by atoms with Gasteiger partial charge in [-0.2, -0.15) is 0 Å². The van der Waals surface area contributed by atoms with E-state index < -0.39 is 27.7 Å². The lowest BCUT2D eigenvalue weighted by atomic mass is 10.1. The topological polar surface area (TPSA) is 104 Å². The minimum absolute atomic E-state index is 0.0352. The molecule has 1 aliphatic rings. The Balaban J connectivity index is 1.77. The van der Waals surface area contributed by atoms with Crippen molar-refractivity contribution >= 4 is 33.3 Å². The first-order valence-corrected chi connectivity index (χ1v) is 9.16. The lowest BCUT2D eigenvalue weighted by molar-refractivity contribution is -0.141. The molecule has 0 aliphatic carbocycles. The van der Waals surface area contributed by atoms with E-state index in [0.29, 0.717) is 5.69 Å². The molecule has 2 aromatic rings. The van der Waals surface area contributed by atoms with Gasteiger partial charge in [0.05, 0.1) is 10.8 Å². The van der Waals surface area contributed by atoms with Crippen LogP contribution in [0.15, 0.2) is 53.4 Å². The maximum absolute atomic E-state index is 12.9. The molecule has 1 amide bonds. The number of carboxylic acids is 1. The zero-order chi connectivity index (χ0) is 18.9. The summed E-state index contributed by atoms with van der Waals surface area (Å²) in [4.78, 5) is 24.2. The van der Waals surface area contributed by atoms with Gasteiger partial charge in [-0.15, -0.1) is 0 Å². The summed E-state index contributed by atoms with van der Waals surface area (Å²) in [7, 11) is -3.87. The molecule has 0 spiro atoms. The number of amides is 1. The van der Waals surface area contributed by atoms with Gasteiger partial charge in [0.25, 0.3) is 10.0 Å². The van der Waals surface area contributed by atoms with Gasteiger partial charge in [-0.25, -0.2) is 12.8 Å². The molecule has 1 heterocycles. The number of carbonyl (C=O) groups is 2. The van der Waals surface area contributed by atoms with E-state index in [9.17, 15) is 22.4 Å². The van der Waals surface area contributed by atoms with Crippen molar-refractivity contribution in [1.82, 2.24) is 0 Å². The van der Waals surface area contributed by atoms with E-state index in [-0.39, 0.29) is 29.5 Å².